The van der Waals surface area contributed by atoms with Crippen molar-refractivity contribution in [3.05, 3.63) is 53.9 Å². The minimum absolute atomic E-state index is 0.358. The summed E-state index contributed by atoms with van der Waals surface area (Å²) in [6.07, 6.45) is 1.88. The summed E-state index contributed by atoms with van der Waals surface area (Å²) in [6, 6.07) is 11.4. The summed E-state index contributed by atoms with van der Waals surface area (Å²) in [6.45, 7) is 1.08. The summed E-state index contributed by atoms with van der Waals surface area (Å²) >= 11 is 0. The number of rotatable bonds is 4. The van der Waals surface area contributed by atoms with E-state index < -0.39 is 6.03 Å². The van der Waals surface area contributed by atoms with Gasteiger partial charge in [0.25, 0.3) is 0 Å². The number of hydrogen-bond donors (Lipinski definition) is 2. The Morgan fingerprint density at radius 1 is 1.29 bits per heavy atom. The maximum atomic E-state index is 10.5. The van der Waals surface area contributed by atoms with Crippen LogP contribution in [0.4, 0.5) is 4.79 Å². The Morgan fingerprint density at radius 3 is 2.76 bits per heavy atom. The van der Waals surface area contributed by atoms with Gasteiger partial charge in [0.2, 0.25) is 0 Å². The molecule has 2 rings (SSSR count). The molecule has 2 aromatic rings. The third kappa shape index (κ3) is 3.34. The van der Waals surface area contributed by atoms with Gasteiger partial charge in [-0.3, -0.25) is 4.68 Å². The molecule has 0 fully saturated rings. The number of aromatic nitrogens is 2. The van der Waals surface area contributed by atoms with Crippen LogP contribution in [0.25, 0.3) is 0 Å². The SMILES string of the molecule is NC(=O)NCc1ccn(Cc2ccccc2)n1. The number of urea groups is 1. The minimum atomic E-state index is -0.539. The molecule has 1 heterocycles. The van der Waals surface area contributed by atoms with Crippen LogP contribution in [0.3, 0.4) is 0 Å². The summed E-state index contributed by atoms with van der Waals surface area (Å²) in [4.78, 5) is 10.5. The highest BCUT2D eigenvalue weighted by molar-refractivity contribution is 5.71. The predicted molar refractivity (Wildman–Crippen MR) is 64.2 cm³/mol. The molecule has 17 heavy (non-hydrogen) atoms. The number of nitrogens with one attached hydrogen (secondary N) is 1. The number of amides is 2. The van der Waals surface area contributed by atoms with Gasteiger partial charge in [0, 0.05) is 6.20 Å². The van der Waals surface area contributed by atoms with Crippen molar-refractivity contribution in [1.82, 2.24) is 15.1 Å². The first-order valence-electron chi connectivity index (χ1n) is 5.33. The second kappa shape index (κ2) is 5.16. The van der Waals surface area contributed by atoms with Gasteiger partial charge < -0.3 is 11.1 Å². The van der Waals surface area contributed by atoms with Crippen LogP contribution >= 0.6 is 0 Å². The minimum Gasteiger partial charge on any atom is -0.352 e. The lowest BCUT2D eigenvalue weighted by molar-refractivity contribution is 0.248. The molecule has 0 aliphatic heterocycles. The largest absolute Gasteiger partial charge is 0.352 e. The first-order chi connectivity index (χ1) is 8.24. The molecule has 1 aromatic heterocycles. The maximum Gasteiger partial charge on any atom is 0.312 e. The van der Waals surface area contributed by atoms with Crippen molar-refractivity contribution in [2.45, 2.75) is 13.1 Å². The Balaban J connectivity index is 1.97. The zero-order valence-electron chi connectivity index (χ0n) is 9.34. The molecule has 0 radical (unpaired) electrons. The lowest BCUT2D eigenvalue weighted by atomic mass is 10.2. The van der Waals surface area contributed by atoms with E-state index in [1.54, 1.807) is 0 Å². The van der Waals surface area contributed by atoms with Gasteiger partial charge in [-0.15, -0.1) is 0 Å². The Kier molecular flexibility index (Phi) is 3.40. The lowest BCUT2D eigenvalue weighted by Crippen LogP contribution is -2.28. The molecule has 88 valence electrons. The van der Waals surface area contributed by atoms with E-state index in [-0.39, 0.29) is 0 Å². The molecule has 0 unspecified atom stereocenters. The third-order valence-electron chi connectivity index (χ3n) is 2.33. The van der Waals surface area contributed by atoms with Crippen LogP contribution in [-0.2, 0) is 13.1 Å². The molecular weight excluding hydrogens is 216 g/mol. The van der Waals surface area contributed by atoms with E-state index in [1.165, 1.54) is 5.56 Å². The standard InChI is InChI=1S/C12H14N4O/c13-12(17)14-8-11-6-7-16(15-11)9-10-4-2-1-3-5-10/h1-7H,8-9H2,(H3,13,14,17). The smallest absolute Gasteiger partial charge is 0.312 e. The van der Waals surface area contributed by atoms with Crippen molar-refractivity contribution in [3.63, 3.8) is 0 Å². The Hall–Kier alpha value is -2.30. The molecule has 0 bridgehead atoms. The lowest BCUT2D eigenvalue weighted by Gasteiger charge is -2.01. The molecule has 2 amide bonds. The summed E-state index contributed by atoms with van der Waals surface area (Å²) < 4.78 is 1.83. The van der Waals surface area contributed by atoms with Crippen molar-refractivity contribution >= 4 is 6.03 Å². The number of nitrogens with two attached hydrogens (primary N) is 1. The molecule has 0 aliphatic rings. The summed E-state index contributed by atoms with van der Waals surface area (Å²) in [5.41, 5.74) is 6.96. The van der Waals surface area contributed by atoms with Gasteiger partial charge in [-0.1, -0.05) is 30.3 Å². The molecule has 5 heteroatoms. The monoisotopic (exact) mass is 230 g/mol. The Bertz CT molecular complexity index is 492. The fraction of sp³-hybridized carbons (Fsp3) is 0.167. The van der Waals surface area contributed by atoms with E-state index in [0.717, 1.165) is 12.2 Å². The van der Waals surface area contributed by atoms with Crippen LogP contribution in [0.2, 0.25) is 0 Å². The van der Waals surface area contributed by atoms with Gasteiger partial charge in [0.15, 0.2) is 0 Å². The van der Waals surface area contributed by atoms with Crippen molar-refractivity contribution in [2.24, 2.45) is 5.73 Å². The van der Waals surface area contributed by atoms with E-state index in [9.17, 15) is 4.79 Å². The highest BCUT2D eigenvalue weighted by Gasteiger charge is 2.00. The van der Waals surface area contributed by atoms with Crippen LogP contribution < -0.4 is 11.1 Å². The number of carbonyl (C=O) groups is 1. The second-order valence-corrected chi connectivity index (χ2v) is 3.71. The predicted octanol–water partition coefficient (Wildman–Crippen LogP) is 1.10. The summed E-state index contributed by atoms with van der Waals surface area (Å²) in [5.74, 6) is 0. The first-order valence-corrected chi connectivity index (χ1v) is 5.33. The zero-order valence-corrected chi connectivity index (χ0v) is 9.34. The summed E-state index contributed by atoms with van der Waals surface area (Å²) in [7, 11) is 0. The van der Waals surface area contributed by atoms with Crippen LogP contribution in [0.15, 0.2) is 42.6 Å². The molecule has 0 saturated carbocycles. The average molecular weight is 230 g/mol. The van der Waals surface area contributed by atoms with Crippen LogP contribution in [0, 0.1) is 0 Å². The third-order valence-corrected chi connectivity index (χ3v) is 2.33. The first kappa shape index (κ1) is 11.2. The molecule has 1 aromatic carbocycles. The van der Waals surface area contributed by atoms with Crippen molar-refractivity contribution in [1.29, 1.82) is 0 Å². The van der Waals surface area contributed by atoms with Gasteiger partial charge in [0.05, 0.1) is 18.8 Å². The van der Waals surface area contributed by atoms with E-state index in [1.807, 2.05) is 47.3 Å². The van der Waals surface area contributed by atoms with Gasteiger partial charge >= 0.3 is 6.03 Å². The Morgan fingerprint density at radius 2 is 2.06 bits per heavy atom. The summed E-state index contributed by atoms with van der Waals surface area (Å²) in [5, 5.41) is 6.83. The fourth-order valence-corrected chi connectivity index (χ4v) is 1.53. The van der Waals surface area contributed by atoms with E-state index in [2.05, 4.69) is 10.4 Å². The van der Waals surface area contributed by atoms with E-state index >= 15 is 0 Å². The van der Waals surface area contributed by atoms with Crippen molar-refractivity contribution in [3.8, 4) is 0 Å². The molecular formula is C12H14N4O. The average Bonchev–Trinajstić information content (AvgIpc) is 2.75. The van der Waals surface area contributed by atoms with Crippen LogP contribution in [0.5, 0.6) is 0 Å². The fourth-order valence-electron chi connectivity index (χ4n) is 1.53. The number of benzene rings is 1. The van der Waals surface area contributed by atoms with Gasteiger partial charge in [-0.25, -0.2) is 4.79 Å². The van der Waals surface area contributed by atoms with Crippen LogP contribution in [-0.4, -0.2) is 15.8 Å². The van der Waals surface area contributed by atoms with Crippen molar-refractivity contribution in [2.75, 3.05) is 0 Å². The van der Waals surface area contributed by atoms with E-state index in [4.69, 9.17) is 5.73 Å². The molecule has 3 N–H and O–H groups in total. The van der Waals surface area contributed by atoms with Crippen LogP contribution in [0.1, 0.15) is 11.3 Å². The topological polar surface area (TPSA) is 72.9 Å². The van der Waals surface area contributed by atoms with Gasteiger partial charge in [-0.05, 0) is 11.6 Å². The highest BCUT2D eigenvalue weighted by atomic mass is 16.2. The van der Waals surface area contributed by atoms with Gasteiger partial charge in [0.1, 0.15) is 0 Å². The molecule has 0 aliphatic carbocycles. The number of hydrogen-bond acceptors (Lipinski definition) is 2. The van der Waals surface area contributed by atoms with E-state index in [0.29, 0.717) is 6.54 Å². The quantitative estimate of drug-likeness (QED) is 0.825. The highest BCUT2D eigenvalue weighted by Crippen LogP contribution is 2.02. The Labute approximate surface area is 99.2 Å². The second-order valence-electron chi connectivity index (χ2n) is 3.71. The van der Waals surface area contributed by atoms with Crippen molar-refractivity contribution < 1.29 is 4.79 Å². The zero-order chi connectivity index (χ0) is 12.1. The van der Waals surface area contributed by atoms with Gasteiger partial charge in [-0.2, -0.15) is 5.10 Å². The maximum absolute atomic E-state index is 10.5. The normalized spacial score (nSPS) is 10.1. The number of primary amides is 1. The molecule has 0 spiro atoms. The number of nitrogens with zero attached hydrogens (tertiary/aromatic N) is 2. The molecule has 0 atom stereocenters. The number of carbonyl (C=O) groups excluding carboxylic acids is 1. The molecule has 5 nitrogen and oxygen atoms in total. The molecule has 0 saturated heterocycles.